The molecule has 1 atom stereocenters. The number of likely N-dealkylation sites (N-methyl/N-ethyl adjacent to an activating group) is 1. The highest BCUT2D eigenvalue weighted by Crippen LogP contribution is 2.23. The molecule has 0 aliphatic rings. The zero-order valence-electron chi connectivity index (χ0n) is 17.1. The topological polar surface area (TPSA) is 59.0 Å². The summed E-state index contributed by atoms with van der Waals surface area (Å²) in [6.07, 6.45) is 5.72. The quantitative estimate of drug-likeness (QED) is 0.673. The van der Waals surface area contributed by atoms with E-state index in [4.69, 9.17) is 4.98 Å². The molecule has 0 unspecified atom stereocenters. The second-order valence-corrected chi connectivity index (χ2v) is 7.28. The molecule has 0 aliphatic carbocycles. The van der Waals surface area contributed by atoms with E-state index in [9.17, 15) is 4.79 Å². The van der Waals surface area contributed by atoms with Crippen LogP contribution < -0.4 is 0 Å². The van der Waals surface area contributed by atoms with Crippen LogP contribution in [0.4, 0.5) is 0 Å². The summed E-state index contributed by atoms with van der Waals surface area (Å²) >= 11 is 0. The van der Waals surface area contributed by atoms with Crippen molar-refractivity contribution in [3.8, 4) is 11.3 Å². The fourth-order valence-corrected chi connectivity index (χ4v) is 3.13. The molecule has 0 N–H and O–H groups in total. The third-order valence-electron chi connectivity index (χ3n) is 5.28. The maximum atomic E-state index is 13.0. The molecule has 5 nitrogen and oxygen atoms in total. The van der Waals surface area contributed by atoms with Crippen LogP contribution in [-0.2, 0) is 6.42 Å². The van der Waals surface area contributed by atoms with Crippen LogP contribution in [0, 0.1) is 20.8 Å². The molecule has 5 heteroatoms. The number of hydrogen-bond donors (Lipinski definition) is 0. The molecule has 144 valence electrons. The minimum absolute atomic E-state index is 0.00912. The average Bonchev–Trinajstić information content (AvgIpc) is 2.71. The molecule has 0 aliphatic heterocycles. The highest BCUT2D eigenvalue weighted by molar-refractivity contribution is 5.95. The number of aromatic nitrogens is 3. The molecule has 0 spiro atoms. The summed E-state index contributed by atoms with van der Waals surface area (Å²) in [6.45, 7) is 8.20. The van der Waals surface area contributed by atoms with Crippen molar-refractivity contribution in [3.63, 3.8) is 0 Å². The molecule has 28 heavy (non-hydrogen) atoms. The number of benzene rings is 1. The van der Waals surface area contributed by atoms with E-state index in [2.05, 4.69) is 29.9 Å². The second kappa shape index (κ2) is 8.30. The Hall–Kier alpha value is -3.08. The molecule has 0 fully saturated rings. The molecule has 1 aromatic carbocycles. The predicted octanol–water partition coefficient (Wildman–Crippen LogP) is 4.17. The van der Waals surface area contributed by atoms with Gasteiger partial charge in [-0.15, -0.1) is 0 Å². The molecular weight excluding hydrogens is 348 g/mol. The Kier molecular flexibility index (Phi) is 5.83. The van der Waals surface area contributed by atoms with Gasteiger partial charge in [-0.1, -0.05) is 12.1 Å². The van der Waals surface area contributed by atoms with Crippen LogP contribution in [-0.4, -0.2) is 38.8 Å². The van der Waals surface area contributed by atoms with Crippen LogP contribution in [0.25, 0.3) is 11.3 Å². The van der Waals surface area contributed by atoms with Gasteiger partial charge in [-0.2, -0.15) is 0 Å². The highest BCUT2D eigenvalue weighted by atomic mass is 16.2. The Morgan fingerprint density at radius 1 is 1.14 bits per heavy atom. The van der Waals surface area contributed by atoms with Crippen molar-refractivity contribution in [2.24, 2.45) is 0 Å². The first-order chi connectivity index (χ1) is 13.4. The van der Waals surface area contributed by atoms with Crippen molar-refractivity contribution >= 4 is 5.91 Å². The fourth-order valence-electron chi connectivity index (χ4n) is 3.13. The number of pyridine rings is 1. The fraction of sp³-hybridized carbons (Fsp3) is 0.304. The number of amides is 1. The van der Waals surface area contributed by atoms with Crippen LogP contribution in [0.2, 0.25) is 0 Å². The molecule has 2 heterocycles. The molecule has 0 bridgehead atoms. The van der Waals surface area contributed by atoms with Gasteiger partial charge in [-0.3, -0.25) is 19.7 Å². The predicted molar refractivity (Wildman–Crippen MR) is 111 cm³/mol. The molecule has 0 radical (unpaired) electrons. The second-order valence-electron chi connectivity index (χ2n) is 7.28. The van der Waals surface area contributed by atoms with Crippen molar-refractivity contribution in [1.29, 1.82) is 0 Å². The van der Waals surface area contributed by atoms with E-state index in [1.54, 1.807) is 23.5 Å². The van der Waals surface area contributed by atoms with E-state index in [0.29, 0.717) is 12.0 Å². The maximum Gasteiger partial charge on any atom is 0.253 e. The number of hydrogen-bond acceptors (Lipinski definition) is 4. The van der Waals surface area contributed by atoms with Crippen LogP contribution in [0.15, 0.2) is 48.9 Å². The van der Waals surface area contributed by atoms with Gasteiger partial charge < -0.3 is 4.90 Å². The van der Waals surface area contributed by atoms with Gasteiger partial charge in [0.05, 0.1) is 11.4 Å². The standard InChI is InChI=1S/C23H26N4O/c1-15-11-22(26-18(4)17(15)3)19-7-6-8-20(13-19)23(28)27(5)16(2)12-21-14-24-9-10-25-21/h6-11,13-14,16H,12H2,1-5H3/t16-/m0/s1. The van der Waals surface area contributed by atoms with Gasteiger partial charge in [-0.05, 0) is 57.0 Å². The lowest BCUT2D eigenvalue weighted by Crippen LogP contribution is -2.36. The normalized spacial score (nSPS) is 11.9. The summed E-state index contributed by atoms with van der Waals surface area (Å²) < 4.78 is 0. The Balaban J connectivity index is 1.82. The number of nitrogens with zero attached hydrogens (tertiary/aromatic N) is 4. The summed E-state index contributed by atoms with van der Waals surface area (Å²) in [6, 6.07) is 9.77. The molecule has 3 rings (SSSR count). The first kappa shape index (κ1) is 19.7. The van der Waals surface area contributed by atoms with Crippen molar-refractivity contribution < 1.29 is 4.79 Å². The largest absolute Gasteiger partial charge is 0.339 e. The lowest BCUT2D eigenvalue weighted by Gasteiger charge is -2.25. The number of carbonyl (C=O) groups excluding carboxylic acids is 1. The first-order valence-electron chi connectivity index (χ1n) is 9.44. The van der Waals surface area contributed by atoms with Gasteiger partial charge in [0, 0.05) is 54.9 Å². The first-order valence-corrected chi connectivity index (χ1v) is 9.44. The lowest BCUT2D eigenvalue weighted by atomic mass is 10.0. The molecule has 1 amide bonds. The Labute approximate surface area is 166 Å². The van der Waals surface area contributed by atoms with Crippen molar-refractivity contribution in [2.45, 2.75) is 40.2 Å². The van der Waals surface area contributed by atoms with E-state index in [0.717, 1.165) is 22.6 Å². The van der Waals surface area contributed by atoms with Gasteiger partial charge in [-0.25, -0.2) is 0 Å². The van der Waals surface area contributed by atoms with Crippen LogP contribution in [0.1, 0.15) is 39.8 Å². The molecular formula is C23H26N4O. The van der Waals surface area contributed by atoms with Crippen LogP contribution in [0.3, 0.4) is 0 Å². The monoisotopic (exact) mass is 374 g/mol. The van der Waals surface area contributed by atoms with E-state index in [1.807, 2.05) is 45.2 Å². The Bertz CT molecular complexity index is 962. The minimum atomic E-state index is -0.0150. The highest BCUT2D eigenvalue weighted by Gasteiger charge is 2.19. The van der Waals surface area contributed by atoms with E-state index in [-0.39, 0.29) is 11.9 Å². The van der Waals surface area contributed by atoms with Gasteiger partial charge in [0.2, 0.25) is 0 Å². The van der Waals surface area contributed by atoms with Gasteiger partial charge in [0.1, 0.15) is 0 Å². The third kappa shape index (κ3) is 4.25. The zero-order valence-corrected chi connectivity index (χ0v) is 17.1. The minimum Gasteiger partial charge on any atom is -0.339 e. The third-order valence-corrected chi connectivity index (χ3v) is 5.28. The van der Waals surface area contributed by atoms with Gasteiger partial charge >= 0.3 is 0 Å². The lowest BCUT2D eigenvalue weighted by molar-refractivity contribution is 0.0743. The van der Waals surface area contributed by atoms with Gasteiger partial charge in [0.25, 0.3) is 5.91 Å². The SMILES string of the molecule is Cc1cc(-c2cccc(C(=O)N(C)[C@@H](C)Cc3cnccn3)c2)nc(C)c1C. The number of rotatable bonds is 5. The molecule has 3 aromatic rings. The summed E-state index contributed by atoms with van der Waals surface area (Å²) in [5.41, 5.74) is 6.79. The Morgan fingerprint density at radius 3 is 2.61 bits per heavy atom. The van der Waals surface area contributed by atoms with E-state index < -0.39 is 0 Å². The summed E-state index contributed by atoms with van der Waals surface area (Å²) in [4.78, 5) is 27.9. The zero-order chi connectivity index (χ0) is 20.3. The number of aryl methyl sites for hydroxylation is 2. The maximum absolute atomic E-state index is 13.0. The van der Waals surface area contributed by atoms with Gasteiger partial charge in [0.15, 0.2) is 0 Å². The van der Waals surface area contributed by atoms with Crippen LogP contribution >= 0.6 is 0 Å². The van der Waals surface area contributed by atoms with E-state index >= 15 is 0 Å². The summed E-state index contributed by atoms with van der Waals surface area (Å²) in [7, 11) is 1.83. The van der Waals surface area contributed by atoms with Crippen molar-refractivity contribution in [1.82, 2.24) is 19.9 Å². The molecule has 0 saturated carbocycles. The molecule has 2 aromatic heterocycles. The smallest absolute Gasteiger partial charge is 0.253 e. The van der Waals surface area contributed by atoms with Crippen LogP contribution in [0.5, 0.6) is 0 Å². The average molecular weight is 374 g/mol. The number of carbonyl (C=O) groups is 1. The summed E-state index contributed by atoms with van der Waals surface area (Å²) in [5, 5.41) is 0. The molecule has 0 saturated heterocycles. The van der Waals surface area contributed by atoms with E-state index in [1.165, 1.54) is 11.1 Å². The Morgan fingerprint density at radius 2 is 1.93 bits per heavy atom. The van der Waals surface area contributed by atoms with Crippen molar-refractivity contribution in [2.75, 3.05) is 7.05 Å². The summed E-state index contributed by atoms with van der Waals surface area (Å²) in [5.74, 6) is -0.0150. The van der Waals surface area contributed by atoms with Crippen molar-refractivity contribution in [3.05, 3.63) is 77.0 Å².